The highest BCUT2D eigenvalue weighted by atomic mass is 16.2. The van der Waals surface area contributed by atoms with E-state index in [0.717, 1.165) is 30.9 Å². The van der Waals surface area contributed by atoms with Gasteiger partial charge in [-0.1, -0.05) is 24.3 Å². The van der Waals surface area contributed by atoms with E-state index in [9.17, 15) is 9.59 Å². The maximum Gasteiger partial charge on any atom is 0.237 e. The zero-order chi connectivity index (χ0) is 19.7. The minimum absolute atomic E-state index is 0.0437. The first kappa shape index (κ1) is 18.7. The molecule has 2 N–H and O–H groups in total. The Morgan fingerprint density at radius 2 is 2.00 bits per heavy atom. The largest absolute Gasteiger partial charge is 0.353 e. The number of carbonyl (C=O) groups is 2. The van der Waals surface area contributed by atoms with Crippen LogP contribution in [0.3, 0.4) is 0 Å². The number of aromatic nitrogens is 2. The molecule has 7 heteroatoms. The Balaban J connectivity index is 1.43. The summed E-state index contributed by atoms with van der Waals surface area (Å²) >= 11 is 0. The van der Waals surface area contributed by atoms with Crippen LogP contribution < -0.4 is 5.32 Å². The van der Waals surface area contributed by atoms with Crippen LogP contribution in [0.4, 0.5) is 0 Å². The summed E-state index contributed by atoms with van der Waals surface area (Å²) in [6.45, 7) is 3.76. The van der Waals surface area contributed by atoms with Crippen molar-refractivity contribution < 1.29 is 9.59 Å². The molecule has 0 saturated carbocycles. The molecule has 0 unspecified atom stereocenters. The second-order valence-electron chi connectivity index (χ2n) is 7.84. The normalized spacial score (nSPS) is 20.1. The number of imidazole rings is 1. The summed E-state index contributed by atoms with van der Waals surface area (Å²) in [6.07, 6.45) is 3.82. The molecule has 2 amide bonds. The molecule has 1 saturated heterocycles. The Kier molecular flexibility index (Phi) is 5.17. The van der Waals surface area contributed by atoms with Crippen molar-refractivity contribution in [1.82, 2.24) is 25.1 Å². The van der Waals surface area contributed by atoms with Crippen LogP contribution in [0.2, 0.25) is 0 Å². The SMILES string of the molecule is Cc1cnc(CN(C)C(=O)C[C@@H]2C(=O)NCCN2C2Cc3ccccc3C2)[nH]1. The minimum Gasteiger partial charge on any atom is -0.353 e. The Hall–Kier alpha value is -2.67. The van der Waals surface area contributed by atoms with Gasteiger partial charge >= 0.3 is 0 Å². The van der Waals surface area contributed by atoms with E-state index in [1.54, 1.807) is 18.1 Å². The van der Waals surface area contributed by atoms with Crippen LogP contribution in [0.25, 0.3) is 0 Å². The lowest BCUT2D eigenvalue weighted by Crippen LogP contribution is -2.59. The van der Waals surface area contributed by atoms with E-state index in [1.807, 2.05) is 6.92 Å². The van der Waals surface area contributed by atoms with E-state index < -0.39 is 6.04 Å². The number of H-pyrrole nitrogens is 1. The third kappa shape index (κ3) is 3.80. The summed E-state index contributed by atoms with van der Waals surface area (Å²) in [7, 11) is 1.76. The summed E-state index contributed by atoms with van der Waals surface area (Å²) in [5.74, 6) is 0.666. The van der Waals surface area contributed by atoms with Crippen LogP contribution in [0.15, 0.2) is 30.5 Å². The molecule has 0 radical (unpaired) electrons. The standard InChI is InChI=1S/C21H27N5O2/c1-14-12-23-19(24-14)13-25(2)20(27)11-18-21(28)22-7-8-26(18)17-9-15-5-3-4-6-16(15)10-17/h3-6,12,17-18H,7-11,13H2,1-2H3,(H,22,28)(H,23,24)/t18-/m1/s1. The molecule has 7 nitrogen and oxygen atoms in total. The predicted octanol–water partition coefficient (Wildman–Crippen LogP) is 1.03. The molecular weight excluding hydrogens is 354 g/mol. The van der Waals surface area contributed by atoms with Gasteiger partial charge in [-0.05, 0) is 30.9 Å². The zero-order valence-electron chi connectivity index (χ0n) is 16.4. The first-order chi connectivity index (χ1) is 13.5. The summed E-state index contributed by atoms with van der Waals surface area (Å²) in [6, 6.07) is 8.32. The molecule has 1 aliphatic carbocycles. The van der Waals surface area contributed by atoms with Crippen molar-refractivity contribution in [3.05, 3.63) is 53.1 Å². The third-order valence-corrected chi connectivity index (χ3v) is 5.81. The van der Waals surface area contributed by atoms with Crippen molar-refractivity contribution in [3.63, 3.8) is 0 Å². The molecule has 28 heavy (non-hydrogen) atoms. The lowest BCUT2D eigenvalue weighted by atomic mass is 10.0. The lowest BCUT2D eigenvalue weighted by Gasteiger charge is -2.39. The number of aromatic amines is 1. The molecule has 1 aromatic carbocycles. The van der Waals surface area contributed by atoms with Gasteiger partial charge in [-0.2, -0.15) is 0 Å². The van der Waals surface area contributed by atoms with Crippen molar-refractivity contribution >= 4 is 11.8 Å². The number of amides is 2. The van der Waals surface area contributed by atoms with Gasteiger partial charge in [0, 0.05) is 38.1 Å². The average molecular weight is 381 g/mol. The van der Waals surface area contributed by atoms with Crippen molar-refractivity contribution in [2.75, 3.05) is 20.1 Å². The molecule has 1 aliphatic heterocycles. The Bertz CT molecular complexity index is 852. The first-order valence-electron chi connectivity index (χ1n) is 9.86. The Labute approximate surface area is 165 Å². The van der Waals surface area contributed by atoms with Crippen molar-refractivity contribution in [2.24, 2.45) is 0 Å². The molecule has 1 atom stereocenters. The van der Waals surface area contributed by atoms with E-state index in [1.165, 1.54) is 11.1 Å². The van der Waals surface area contributed by atoms with Gasteiger partial charge in [0.05, 0.1) is 19.0 Å². The number of benzene rings is 1. The third-order valence-electron chi connectivity index (χ3n) is 5.81. The van der Waals surface area contributed by atoms with E-state index in [-0.39, 0.29) is 24.3 Å². The minimum atomic E-state index is -0.415. The Morgan fingerprint density at radius 1 is 1.29 bits per heavy atom. The zero-order valence-corrected chi connectivity index (χ0v) is 16.4. The van der Waals surface area contributed by atoms with Gasteiger partial charge in [0.2, 0.25) is 11.8 Å². The number of carbonyl (C=O) groups excluding carboxylic acids is 2. The molecule has 4 rings (SSSR count). The predicted molar refractivity (Wildman–Crippen MR) is 106 cm³/mol. The fourth-order valence-corrected chi connectivity index (χ4v) is 4.33. The van der Waals surface area contributed by atoms with Crippen molar-refractivity contribution in [2.45, 2.75) is 44.8 Å². The van der Waals surface area contributed by atoms with E-state index in [2.05, 4.69) is 44.5 Å². The van der Waals surface area contributed by atoms with E-state index in [0.29, 0.717) is 13.1 Å². The fourth-order valence-electron chi connectivity index (χ4n) is 4.33. The average Bonchev–Trinajstić information content (AvgIpc) is 3.29. The first-order valence-corrected chi connectivity index (χ1v) is 9.86. The number of fused-ring (bicyclic) bond motifs is 1. The number of nitrogens with zero attached hydrogens (tertiary/aromatic N) is 3. The van der Waals surface area contributed by atoms with Gasteiger partial charge in [0.25, 0.3) is 0 Å². The molecule has 0 spiro atoms. The summed E-state index contributed by atoms with van der Waals surface area (Å²) in [5.41, 5.74) is 3.68. The molecule has 1 aromatic heterocycles. The maximum absolute atomic E-state index is 12.8. The Morgan fingerprint density at radius 3 is 2.64 bits per heavy atom. The van der Waals surface area contributed by atoms with Gasteiger partial charge in [0.15, 0.2) is 0 Å². The molecule has 1 fully saturated rings. The van der Waals surface area contributed by atoms with Gasteiger partial charge < -0.3 is 15.2 Å². The van der Waals surface area contributed by atoms with Crippen LogP contribution in [-0.4, -0.2) is 63.8 Å². The smallest absolute Gasteiger partial charge is 0.237 e. The molecule has 2 heterocycles. The molecule has 0 bridgehead atoms. The van der Waals surface area contributed by atoms with Gasteiger partial charge in [-0.3, -0.25) is 14.5 Å². The number of piperazine rings is 1. The molecule has 2 aromatic rings. The van der Waals surface area contributed by atoms with Crippen molar-refractivity contribution in [1.29, 1.82) is 0 Å². The highest BCUT2D eigenvalue weighted by Gasteiger charge is 2.38. The van der Waals surface area contributed by atoms with E-state index in [4.69, 9.17) is 0 Å². The summed E-state index contributed by atoms with van der Waals surface area (Å²) < 4.78 is 0. The van der Waals surface area contributed by atoms with Gasteiger partial charge in [-0.15, -0.1) is 0 Å². The molecular formula is C21H27N5O2. The number of hydrogen-bond acceptors (Lipinski definition) is 4. The topological polar surface area (TPSA) is 81.3 Å². The lowest BCUT2D eigenvalue weighted by molar-refractivity contribution is -0.139. The molecule has 2 aliphatic rings. The number of hydrogen-bond donors (Lipinski definition) is 2. The highest BCUT2D eigenvalue weighted by Crippen LogP contribution is 2.28. The van der Waals surface area contributed by atoms with Crippen LogP contribution in [0, 0.1) is 6.92 Å². The number of aryl methyl sites for hydroxylation is 1. The highest BCUT2D eigenvalue weighted by molar-refractivity contribution is 5.88. The second-order valence-corrected chi connectivity index (χ2v) is 7.84. The van der Waals surface area contributed by atoms with Crippen LogP contribution in [-0.2, 0) is 29.0 Å². The second kappa shape index (κ2) is 7.75. The van der Waals surface area contributed by atoms with Gasteiger partial charge in [-0.25, -0.2) is 4.98 Å². The monoisotopic (exact) mass is 381 g/mol. The number of rotatable bonds is 5. The summed E-state index contributed by atoms with van der Waals surface area (Å²) in [5, 5.41) is 2.93. The quantitative estimate of drug-likeness (QED) is 0.811. The summed E-state index contributed by atoms with van der Waals surface area (Å²) in [4.78, 5) is 36.7. The fraction of sp³-hybridized carbons (Fsp3) is 0.476. The van der Waals surface area contributed by atoms with Crippen molar-refractivity contribution in [3.8, 4) is 0 Å². The van der Waals surface area contributed by atoms with Crippen LogP contribution in [0.1, 0.15) is 29.1 Å². The van der Waals surface area contributed by atoms with Crippen LogP contribution in [0.5, 0.6) is 0 Å². The molecule has 148 valence electrons. The maximum atomic E-state index is 12.8. The number of nitrogens with one attached hydrogen (secondary N) is 2. The van der Waals surface area contributed by atoms with Crippen LogP contribution >= 0.6 is 0 Å². The van der Waals surface area contributed by atoms with Gasteiger partial charge in [0.1, 0.15) is 5.82 Å². The van der Waals surface area contributed by atoms with E-state index >= 15 is 0 Å².